The van der Waals surface area contributed by atoms with Crippen LogP contribution in [0.15, 0.2) is 30.3 Å². The van der Waals surface area contributed by atoms with Gasteiger partial charge < -0.3 is 5.11 Å². The Balaban J connectivity index is 2.59. The molecule has 16 heavy (non-hydrogen) atoms. The van der Waals surface area contributed by atoms with Gasteiger partial charge in [-0.05, 0) is 11.1 Å². The van der Waals surface area contributed by atoms with E-state index in [1.165, 1.54) is 0 Å². The maximum atomic E-state index is 10.9. The lowest BCUT2D eigenvalue weighted by atomic mass is 9.98. The second-order valence-electron chi connectivity index (χ2n) is 3.37. The molecule has 1 aliphatic carbocycles. The number of rotatable bonds is 2. The molecule has 1 N–H and O–H groups in total. The fourth-order valence-electron chi connectivity index (χ4n) is 1.79. The van der Waals surface area contributed by atoms with E-state index in [1.54, 1.807) is 24.3 Å². The molecule has 0 saturated carbocycles. The number of benzene rings is 1. The Morgan fingerprint density at radius 1 is 1.25 bits per heavy atom. The lowest BCUT2D eigenvalue weighted by Gasteiger charge is -2.07. The van der Waals surface area contributed by atoms with Gasteiger partial charge in [0.15, 0.2) is 4.86 Å². The van der Waals surface area contributed by atoms with Crippen molar-refractivity contribution in [3.8, 4) is 0 Å². The summed E-state index contributed by atoms with van der Waals surface area (Å²) in [7, 11) is -2.71. The lowest BCUT2D eigenvalue weighted by Crippen LogP contribution is -2.20. The molecular weight excluding hydrogens is 228 g/mol. The summed E-state index contributed by atoms with van der Waals surface area (Å²) in [6.45, 7) is 0. The predicted octanol–water partition coefficient (Wildman–Crippen LogP) is 0.933. The van der Waals surface area contributed by atoms with Gasteiger partial charge in [-0.3, -0.25) is 0 Å². The van der Waals surface area contributed by atoms with E-state index in [1.807, 2.05) is 12.1 Å². The zero-order valence-corrected chi connectivity index (χ0v) is 8.94. The topological polar surface area (TPSA) is 71.4 Å². The van der Waals surface area contributed by atoms with E-state index in [9.17, 15) is 13.2 Å². The van der Waals surface area contributed by atoms with Gasteiger partial charge in [-0.2, -0.15) is 8.42 Å². The SMILES string of the molecule is O=C(O)C(C1C=Cc2ccccc21)=S(=O)=O. The summed E-state index contributed by atoms with van der Waals surface area (Å²) >= 11 is 0. The maximum Gasteiger partial charge on any atom is 0.348 e. The van der Waals surface area contributed by atoms with Crippen LogP contribution < -0.4 is 0 Å². The molecule has 2 rings (SSSR count). The largest absolute Gasteiger partial charge is 0.477 e. The Hall–Kier alpha value is -1.88. The fourth-order valence-corrected chi connectivity index (χ4v) is 2.34. The van der Waals surface area contributed by atoms with Crippen LogP contribution in [0.2, 0.25) is 0 Å². The van der Waals surface area contributed by atoms with Gasteiger partial charge in [0, 0.05) is 0 Å². The molecule has 82 valence electrons. The van der Waals surface area contributed by atoms with Gasteiger partial charge >= 0.3 is 5.97 Å². The Morgan fingerprint density at radius 2 is 1.94 bits per heavy atom. The molecule has 0 bridgehead atoms. The molecule has 0 heterocycles. The van der Waals surface area contributed by atoms with Gasteiger partial charge in [-0.25, -0.2) is 4.79 Å². The fraction of sp³-hybridized carbons (Fsp3) is 0.0909. The first-order chi connectivity index (χ1) is 7.61. The highest BCUT2D eigenvalue weighted by Crippen LogP contribution is 2.30. The number of carboxylic acid groups (broad SMARTS) is 1. The Kier molecular flexibility index (Phi) is 2.62. The standard InChI is InChI=1S/C11H8O4S/c12-11(13)10(16(14)15)9-6-5-7-3-1-2-4-8(7)9/h1-6,9H,(H,12,13). The van der Waals surface area contributed by atoms with Crippen LogP contribution >= 0.6 is 0 Å². The summed E-state index contributed by atoms with van der Waals surface area (Å²) in [6, 6.07) is 7.13. The van der Waals surface area contributed by atoms with Crippen LogP contribution in [-0.4, -0.2) is 24.4 Å². The highest BCUT2D eigenvalue weighted by molar-refractivity contribution is 7.74. The quantitative estimate of drug-likeness (QED) is 0.775. The third-order valence-corrected chi connectivity index (χ3v) is 3.26. The third kappa shape index (κ3) is 1.65. The molecule has 1 unspecified atom stereocenters. The first kappa shape index (κ1) is 10.6. The van der Waals surface area contributed by atoms with E-state index < -0.39 is 27.0 Å². The van der Waals surface area contributed by atoms with Crippen molar-refractivity contribution in [3.05, 3.63) is 41.5 Å². The van der Waals surface area contributed by atoms with Gasteiger partial charge in [-0.15, -0.1) is 0 Å². The molecule has 0 saturated heterocycles. The summed E-state index contributed by atoms with van der Waals surface area (Å²) in [5.74, 6) is -2.08. The summed E-state index contributed by atoms with van der Waals surface area (Å²) < 4.78 is 21.8. The van der Waals surface area contributed by atoms with Gasteiger partial charge in [0.25, 0.3) is 0 Å². The molecule has 0 amide bonds. The number of allylic oxidation sites excluding steroid dienone is 1. The average Bonchev–Trinajstić information content (AvgIpc) is 2.61. The van der Waals surface area contributed by atoms with E-state index in [0.29, 0.717) is 5.56 Å². The van der Waals surface area contributed by atoms with Crippen LogP contribution in [0.1, 0.15) is 17.0 Å². The second kappa shape index (κ2) is 3.94. The minimum atomic E-state index is -2.71. The van der Waals surface area contributed by atoms with Crippen molar-refractivity contribution in [2.75, 3.05) is 0 Å². The summed E-state index contributed by atoms with van der Waals surface area (Å²) in [4.78, 5) is 10.4. The Labute approximate surface area is 93.4 Å². The van der Waals surface area contributed by atoms with Gasteiger partial charge in [0.1, 0.15) is 0 Å². The normalized spacial score (nSPS) is 16.9. The van der Waals surface area contributed by atoms with Gasteiger partial charge in [-0.1, -0.05) is 36.4 Å². The van der Waals surface area contributed by atoms with Crippen LogP contribution in [0.3, 0.4) is 0 Å². The minimum Gasteiger partial charge on any atom is -0.477 e. The van der Waals surface area contributed by atoms with Gasteiger partial charge in [0.05, 0.1) is 5.92 Å². The molecule has 0 fully saturated rings. The van der Waals surface area contributed by atoms with Crippen LogP contribution in [0.5, 0.6) is 0 Å². The molecule has 4 nitrogen and oxygen atoms in total. The predicted molar refractivity (Wildman–Crippen MR) is 59.8 cm³/mol. The molecule has 0 aliphatic heterocycles. The minimum absolute atomic E-state index is 0.513. The number of aliphatic carboxylic acids is 1. The van der Waals surface area contributed by atoms with Crippen molar-refractivity contribution in [3.63, 3.8) is 0 Å². The van der Waals surface area contributed by atoms with Crippen molar-refractivity contribution in [1.29, 1.82) is 0 Å². The molecule has 1 aliphatic rings. The summed E-state index contributed by atoms with van der Waals surface area (Å²) in [5.41, 5.74) is 1.57. The number of hydrogen-bond donors (Lipinski definition) is 1. The molecule has 5 heteroatoms. The van der Waals surface area contributed by atoms with E-state index in [-0.39, 0.29) is 0 Å². The Morgan fingerprint density at radius 3 is 2.56 bits per heavy atom. The highest BCUT2D eigenvalue weighted by Gasteiger charge is 2.27. The number of fused-ring (bicyclic) bond motifs is 1. The van der Waals surface area contributed by atoms with Crippen molar-refractivity contribution < 1.29 is 18.3 Å². The molecule has 0 spiro atoms. The van der Waals surface area contributed by atoms with E-state index in [0.717, 1.165) is 5.56 Å². The first-order valence-corrected chi connectivity index (χ1v) is 5.65. The Bertz CT molecular complexity index is 603. The van der Waals surface area contributed by atoms with Crippen molar-refractivity contribution in [1.82, 2.24) is 0 Å². The van der Waals surface area contributed by atoms with Crippen LogP contribution in [0.25, 0.3) is 6.08 Å². The average molecular weight is 236 g/mol. The van der Waals surface area contributed by atoms with E-state index >= 15 is 0 Å². The molecule has 1 aromatic carbocycles. The molecule has 1 aromatic rings. The van der Waals surface area contributed by atoms with E-state index in [2.05, 4.69) is 0 Å². The van der Waals surface area contributed by atoms with E-state index in [4.69, 9.17) is 5.11 Å². The first-order valence-electron chi connectivity index (χ1n) is 4.58. The van der Waals surface area contributed by atoms with Crippen LogP contribution in [0, 0.1) is 0 Å². The van der Waals surface area contributed by atoms with Crippen LogP contribution in [-0.2, 0) is 15.1 Å². The van der Waals surface area contributed by atoms with Crippen molar-refractivity contribution >= 4 is 27.2 Å². The zero-order valence-electron chi connectivity index (χ0n) is 8.12. The maximum absolute atomic E-state index is 10.9. The second-order valence-corrected chi connectivity index (χ2v) is 4.28. The number of hydrogen-bond acceptors (Lipinski definition) is 3. The highest BCUT2D eigenvalue weighted by atomic mass is 32.2. The molecule has 0 radical (unpaired) electrons. The zero-order chi connectivity index (χ0) is 11.7. The molecular formula is C11H8O4S. The van der Waals surface area contributed by atoms with Gasteiger partial charge in [0.2, 0.25) is 10.3 Å². The summed E-state index contributed by atoms with van der Waals surface area (Å²) in [6.07, 6.45) is 3.32. The monoisotopic (exact) mass is 236 g/mol. The molecule has 1 atom stereocenters. The smallest absolute Gasteiger partial charge is 0.348 e. The van der Waals surface area contributed by atoms with Crippen molar-refractivity contribution in [2.24, 2.45) is 0 Å². The molecule has 0 aromatic heterocycles. The van der Waals surface area contributed by atoms with Crippen LogP contribution in [0.4, 0.5) is 0 Å². The third-order valence-electron chi connectivity index (χ3n) is 2.47. The van der Waals surface area contributed by atoms with Crippen molar-refractivity contribution in [2.45, 2.75) is 5.92 Å². The summed E-state index contributed by atoms with van der Waals surface area (Å²) in [5, 5.41) is 8.87. The number of carbonyl (C=O) groups is 1. The lowest BCUT2D eigenvalue weighted by molar-refractivity contribution is -0.129. The number of carboxylic acids is 1.